The van der Waals surface area contributed by atoms with E-state index in [2.05, 4.69) is 13.8 Å². The average Bonchev–Trinajstić information content (AvgIpc) is 2.25. The zero-order valence-electron chi connectivity index (χ0n) is 11.6. The van der Waals surface area contributed by atoms with Gasteiger partial charge in [0.05, 0.1) is 0 Å². The summed E-state index contributed by atoms with van der Waals surface area (Å²) in [6, 6.07) is 0. The van der Waals surface area contributed by atoms with Crippen molar-refractivity contribution in [3.8, 4) is 0 Å². The molecule has 0 fully saturated rings. The molecule has 0 bridgehead atoms. The molecule has 0 aliphatic heterocycles. The van der Waals surface area contributed by atoms with E-state index in [-0.39, 0.29) is 5.41 Å². The number of rotatable bonds is 1. The summed E-state index contributed by atoms with van der Waals surface area (Å²) in [5.41, 5.74) is 3.27. The fraction of sp³-hybridized carbons (Fsp3) is 0.812. The second-order valence-corrected chi connectivity index (χ2v) is 6.24. The first kappa shape index (κ1) is 12.9. The predicted octanol–water partition coefficient (Wildman–Crippen LogP) is 4.66. The minimum absolute atomic E-state index is 0.0853. The Morgan fingerprint density at radius 3 is 2.41 bits per heavy atom. The maximum absolute atomic E-state index is 11.9. The second-order valence-electron chi connectivity index (χ2n) is 6.24. The molecule has 0 aromatic heterocycles. The molecule has 1 heteroatoms. The second kappa shape index (κ2) is 4.96. The molecule has 0 heterocycles. The largest absolute Gasteiger partial charge is 0.299 e. The first-order valence-corrected chi connectivity index (χ1v) is 7.27. The van der Waals surface area contributed by atoms with Crippen LogP contribution >= 0.6 is 0 Å². The fourth-order valence-electron chi connectivity index (χ4n) is 3.65. The first-order valence-electron chi connectivity index (χ1n) is 7.27. The molecule has 0 aromatic carbocycles. The van der Waals surface area contributed by atoms with Gasteiger partial charge in [-0.1, -0.05) is 37.8 Å². The Morgan fingerprint density at radius 1 is 1.12 bits per heavy atom. The minimum Gasteiger partial charge on any atom is -0.299 e. The van der Waals surface area contributed by atoms with Gasteiger partial charge in [-0.2, -0.15) is 0 Å². The maximum atomic E-state index is 11.9. The molecule has 96 valence electrons. The average molecular weight is 234 g/mol. The third kappa shape index (κ3) is 2.34. The fourth-order valence-corrected chi connectivity index (χ4v) is 3.65. The van der Waals surface area contributed by atoms with E-state index in [1.807, 2.05) is 0 Å². The molecule has 0 amide bonds. The third-order valence-electron chi connectivity index (χ3n) is 5.36. The molecule has 2 aliphatic carbocycles. The number of hydrogen-bond donors (Lipinski definition) is 0. The van der Waals surface area contributed by atoms with Crippen LogP contribution in [-0.4, -0.2) is 5.78 Å². The Labute approximate surface area is 106 Å². The predicted molar refractivity (Wildman–Crippen MR) is 71.9 cm³/mol. The van der Waals surface area contributed by atoms with Gasteiger partial charge in [-0.25, -0.2) is 0 Å². The highest BCUT2D eigenvalue weighted by molar-refractivity contribution is 5.83. The van der Waals surface area contributed by atoms with Crippen molar-refractivity contribution in [1.82, 2.24) is 0 Å². The van der Waals surface area contributed by atoms with E-state index in [4.69, 9.17) is 0 Å². The van der Waals surface area contributed by atoms with E-state index in [0.717, 1.165) is 6.42 Å². The van der Waals surface area contributed by atoms with E-state index < -0.39 is 0 Å². The van der Waals surface area contributed by atoms with Gasteiger partial charge in [0.25, 0.3) is 0 Å². The van der Waals surface area contributed by atoms with Crippen molar-refractivity contribution in [2.75, 3.05) is 0 Å². The van der Waals surface area contributed by atoms with E-state index in [0.29, 0.717) is 11.7 Å². The lowest BCUT2D eigenvalue weighted by Crippen LogP contribution is -2.37. The number of Topliss-reactive ketones (excluding diaryl/α,β-unsaturated/α-hetero) is 1. The highest BCUT2D eigenvalue weighted by Crippen LogP contribution is 2.47. The lowest BCUT2D eigenvalue weighted by Gasteiger charge is -2.41. The highest BCUT2D eigenvalue weighted by Gasteiger charge is 2.41. The van der Waals surface area contributed by atoms with Crippen molar-refractivity contribution in [2.45, 2.75) is 72.1 Å². The summed E-state index contributed by atoms with van der Waals surface area (Å²) in [4.78, 5) is 11.9. The molecule has 0 saturated carbocycles. The number of carbonyl (C=O) groups is 1. The van der Waals surface area contributed by atoms with E-state index in [1.165, 1.54) is 44.9 Å². The third-order valence-corrected chi connectivity index (χ3v) is 5.36. The summed E-state index contributed by atoms with van der Waals surface area (Å²) in [5.74, 6) is 0.862. The molecule has 0 saturated heterocycles. The normalized spacial score (nSPS) is 34.9. The van der Waals surface area contributed by atoms with Crippen LogP contribution in [0.5, 0.6) is 0 Å². The number of hydrogen-bond acceptors (Lipinski definition) is 1. The molecular formula is C16H26O. The number of allylic oxidation sites excluding steroid dienone is 2. The summed E-state index contributed by atoms with van der Waals surface area (Å²) in [5, 5.41) is 0. The Balaban J connectivity index is 2.28. The minimum atomic E-state index is -0.0853. The van der Waals surface area contributed by atoms with Gasteiger partial charge in [0.1, 0.15) is 5.78 Å². The van der Waals surface area contributed by atoms with E-state index >= 15 is 0 Å². The number of ketones is 1. The Bertz CT molecular complexity index is 339. The first-order chi connectivity index (χ1) is 8.05. The maximum Gasteiger partial charge on any atom is 0.136 e. The van der Waals surface area contributed by atoms with E-state index in [1.54, 1.807) is 18.1 Å². The highest BCUT2D eigenvalue weighted by atomic mass is 16.1. The van der Waals surface area contributed by atoms with Gasteiger partial charge in [0, 0.05) is 5.41 Å². The van der Waals surface area contributed by atoms with Crippen LogP contribution in [0.1, 0.15) is 72.1 Å². The molecular weight excluding hydrogens is 208 g/mol. The lowest BCUT2D eigenvalue weighted by molar-refractivity contribution is -0.128. The van der Waals surface area contributed by atoms with Crippen LogP contribution in [-0.2, 0) is 4.79 Å². The molecule has 2 aliphatic rings. The molecule has 2 rings (SSSR count). The summed E-state index contributed by atoms with van der Waals surface area (Å²) >= 11 is 0. The van der Waals surface area contributed by atoms with Crippen LogP contribution in [0.2, 0.25) is 0 Å². The molecule has 1 nitrogen and oxygen atoms in total. The van der Waals surface area contributed by atoms with Crippen molar-refractivity contribution in [2.24, 2.45) is 11.3 Å². The van der Waals surface area contributed by atoms with Crippen LogP contribution in [0.4, 0.5) is 0 Å². The van der Waals surface area contributed by atoms with Gasteiger partial charge in [-0.15, -0.1) is 0 Å². The summed E-state index contributed by atoms with van der Waals surface area (Å²) in [6.45, 7) is 6.25. The van der Waals surface area contributed by atoms with Gasteiger partial charge in [0.15, 0.2) is 0 Å². The van der Waals surface area contributed by atoms with Gasteiger partial charge < -0.3 is 0 Å². The zero-order chi connectivity index (χ0) is 12.5. The standard InChI is InChI=1S/C16H26O/c1-12-15-9-7-5-4-6-8-14(15)10-11-16(12,3)13(2)17/h12H,4-11H2,1-3H3/t12-,16+/m0/s1. The molecule has 0 radical (unpaired) electrons. The van der Waals surface area contributed by atoms with Gasteiger partial charge >= 0.3 is 0 Å². The van der Waals surface area contributed by atoms with Crippen molar-refractivity contribution in [3.05, 3.63) is 11.1 Å². The molecule has 17 heavy (non-hydrogen) atoms. The Morgan fingerprint density at radius 2 is 1.76 bits per heavy atom. The van der Waals surface area contributed by atoms with Crippen molar-refractivity contribution < 1.29 is 4.79 Å². The summed E-state index contributed by atoms with van der Waals surface area (Å²) < 4.78 is 0. The van der Waals surface area contributed by atoms with Gasteiger partial charge in [-0.3, -0.25) is 4.79 Å². The SMILES string of the molecule is CC(=O)[C@]1(C)CCC2=C(CCCCCC2)[C@@H]1C. The molecule has 0 spiro atoms. The topological polar surface area (TPSA) is 17.1 Å². The van der Waals surface area contributed by atoms with Crippen LogP contribution in [0.25, 0.3) is 0 Å². The molecule has 0 unspecified atom stereocenters. The summed E-state index contributed by atoms with van der Waals surface area (Å²) in [6.07, 6.45) is 10.3. The van der Waals surface area contributed by atoms with Crippen LogP contribution in [0.3, 0.4) is 0 Å². The summed E-state index contributed by atoms with van der Waals surface area (Å²) in [7, 11) is 0. The molecule has 0 N–H and O–H groups in total. The lowest BCUT2D eigenvalue weighted by atomic mass is 9.62. The van der Waals surface area contributed by atoms with Crippen LogP contribution in [0.15, 0.2) is 11.1 Å². The van der Waals surface area contributed by atoms with Gasteiger partial charge in [0.2, 0.25) is 0 Å². The smallest absolute Gasteiger partial charge is 0.136 e. The van der Waals surface area contributed by atoms with Crippen LogP contribution in [0, 0.1) is 11.3 Å². The van der Waals surface area contributed by atoms with E-state index in [9.17, 15) is 4.79 Å². The number of carbonyl (C=O) groups excluding carboxylic acids is 1. The molecule has 2 atom stereocenters. The van der Waals surface area contributed by atoms with Crippen molar-refractivity contribution >= 4 is 5.78 Å². The Hall–Kier alpha value is -0.590. The monoisotopic (exact) mass is 234 g/mol. The molecule has 0 aromatic rings. The van der Waals surface area contributed by atoms with Gasteiger partial charge in [-0.05, 0) is 51.4 Å². The van der Waals surface area contributed by atoms with Crippen molar-refractivity contribution in [3.63, 3.8) is 0 Å². The quantitative estimate of drug-likeness (QED) is 0.603. The van der Waals surface area contributed by atoms with Crippen LogP contribution < -0.4 is 0 Å². The van der Waals surface area contributed by atoms with Crippen molar-refractivity contribution in [1.29, 1.82) is 0 Å². The zero-order valence-corrected chi connectivity index (χ0v) is 11.6. The Kier molecular flexibility index (Phi) is 3.75.